The lowest BCUT2D eigenvalue weighted by atomic mass is 9.95. The van der Waals surface area contributed by atoms with E-state index in [2.05, 4.69) is 4.89 Å². The first-order valence-electron chi connectivity index (χ1n) is 7.90. The largest absolute Gasteiger partial charge is 0.460 e. The zero-order chi connectivity index (χ0) is 22.9. The van der Waals surface area contributed by atoms with Gasteiger partial charge in [-0.05, 0) is 38.5 Å². The van der Waals surface area contributed by atoms with Gasteiger partial charge in [0.05, 0.1) is 23.7 Å². The fraction of sp³-hybridized carbons (Fsp3) is 0.588. The first-order valence-corrected chi connectivity index (χ1v) is 7.90. The molecule has 0 N–H and O–H groups in total. The van der Waals surface area contributed by atoms with E-state index in [0.717, 1.165) is 24.3 Å². The highest BCUT2D eigenvalue weighted by Gasteiger charge is 2.81. The maximum Gasteiger partial charge on any atom is 0.460 e. The van der Waals surface area contributed by atoms with Crippen molar-refractivity contribution in [1.82, 2.24) is 0 Å². The maximum atomic E-state index is 14.0. The van der Waals surface area contributed by atoms with Crippen LogP contribution in [0.25, 0.3) is 0 Å². The Hall–Kier alpha value is -2.00. The van der Waals surface area contributed by atoms with Gasteiger partial charge in [0.2, 0.25) is 0 Å². The molecular weight excluding hydrogens is 421 g/mol. The first kappa shape index (κ1) is 25.0. The molecule has 12 heteroatoms. The summed E-state index contributed by atoms with van der Waals surface area (Å²) in [4.78, 5) is 9.43. The second-order valence-corrected chi connectivity index (χ2v) is 7.07. The van der Waals surface area contributed by atoms with Crippen molar-refractivity contribution in [2.45, 2.75) is 62.8 Å². The topological polar surface area (TPSA) is 42.2 Å². The quantitative estimate of drug-likeness (QED) is 0.290. The van der Waals surface area contributed by atoms with E-state index in [0.29, 0.717) is 0 Å². The summed E-state index contributed by atoms with van der Waals surface area (Å²) in [6.45, 7) is 4.15. The molecular formula is C17H16F9NO2. The molecule has 3 nitrogen and oxygen atoms in total. The summed E-state index contributed by atoms with van der Waals surface area (Å²) in [6, 6.07) is 5.85. The number of nitriles is 1. The Kier molecular flexibility index (Phi) is 6.93. The van der Waals surface area contributed by atoms with Gasteiger partial charge in [0.15, 0.2) is 0 Å². The van der Waals surface area contributed by atoms with Crippen molar-refractivity contribution in [2.24, 2.45) is 0 Å². The summed E-state index contributed by atoms with van der Waals surface area (Å²) < 4.78 is 118. The molecule has 1 rings (SSSR count). The van der Waals surface area contributed by atoms with E-state index >= 15 is 0 Å². The Bertz CT molecular complexity index is 731. The summed E-state index contributed by atoms with van der Waals surface area (Å²) in [5.41, 5.74) is -1.41. The number of rotatable bonds is 7. The fourth-order valence-corrected chi connectivity index (χ4v) is 1.95. The summed E-state index contributed by atoms with van der Waals surface area (Å²) in [5, 5.41) is 8.72. The molecule has 0 fully saturated rings. The zero-order valence-electron chi connectivity index (χ0n) is 15.3. The van der Waals surface area contributed by atoms with E-state index in [4.69, 9.17) is 10.1 Å². The van der Waals surface area contributed by atoms with Gasteiger partial charge in [-0.1, -0.05) is 12.1 Å². The normalized spacial score (nSPS) is 15.1. The van der Waals surface area contributed by atoms with Crippen molar-refractivity contribution in [3.8, 4) is 6.07 Å². The molecule has 29 heavy (non-hydrogen) atoms. The van der Waals surface area contributed by atoms with Crippen LogP contribution in [0.15, 0.2) is 24.3 Å². The highest BCUT2D eigenvalue weighted by atomic mass is 19.4. The molecule has 0 radical (unpaired) electrons. The Labute approximate surface area is 159 Å². The number of alkyl halides is 9. The van der Waals surface area contributed by atoms with Crippen LogP contribution in [0, 0.1) is 11.3 Å². The summed E-state index contributed by atoms with van der Waals surface area (Å²) in [7, 11) is 0. The average Bonchev–Trinajstić information content (AvgIpc) is 2.56. The Balaban J connectivity index is 3.29. The third-order valence-electron chi connectivity index (χ3n) is 3.48. The van der Waals surface area contributed by atoms with Crippen molar-refractivity contribution in [3.63, 3.8) is 0 Å². The van der Waals surface area contributed by atoms with E-state index in [1.807, 2.05) is 0 Å². The van der Waals surface area contributed by atoms with Gasteiger partial charge in [-0.25, -0.2) is 9.78 Å². The van der Waals surface area contributed by atoms with Crippen LogP contribution in [0.5, 0.6) is 0 Å². The van der Waals surface area contributed by atoms with Gasteiger partial charge < -0.3 is 0 Å². The Morgan fingerprint density at radius 2 is 1.34 bits per heavy atom. The van der Waals surface area contributed by atoms with Gasteiger partial charge in [-0.2, -0.15) is 44.8 Å². The molecule has 0 aliphatic carbocycles. The summed E-state index contributed by atoms with van der Waals surface area (Å²) in [5.74, 6) is -19.6. The average molecular weight is 437 g/mol. The van der Waals surface area contributed by atoms with Crippen LogP contribution in [0.1, 0.15) is 44.4 Å². The Morgan fingerprint density at radius 3 is 1.72 bits per heavy atom. The fourth-order valence-electron chi connectivity index (χ4n) is 1.95. The van der Waals surface area contributed by atoms with Crippen molar-refractivity contribution >= 4 is 0 Å². The van der Waals surface area contributed by atoms with Crippen molar-refractivity contribution < 1.29 is 49.3 Å². The molecule has 0 saturated heterocycles. The van der Waals surface area contributed by atoms with Gasteiger partial charge in [0.1, 0.15) is 6.10 Å². The van der Waals surface area contributed by atoms with Crippen LogP contribution < -0.4 is 0 Å². The van der Waals surface area contributed by atoms with Gasteiger partial charge >= 0.3 is 23.9 Å². The Morgan fingerprint density at radius 1 is 0.862 bits per heavy atom. The van der Waals surface area contributed by atoms with Crippen LogP contribution in [-0.2, 0) is 9.78 Å². The van der Waals surface area contributed by atoms with Crippen LogP contribution >= 0.6 is 0 Å². The minimum Gasteiger partial charge on any atom is -0.230 e. The summed E-state index contributed by atoms with van der Waals surface area (Å²) in [6.07, 6.45) is -11.3. The zero-order valence-corrected chi connectivity index (χ0v) is 15.3. The number of nitrogens with zero attached hydrogens (tertiary/aromatic N) is 1. The molecule has 0 amide bonds. The smallest absolute Gasteiger partial charge is 0.230 e. The lowest BCUT2D eigenvalue weighted by molar-refractivity contribution is -0.413. The second kappa shape index (κ2) is 8.02. The predicted octanol–water partition coefficient (Wildman–Crippen LogP) is 6.20. The van der Waals surface area contributed by atoms with E-state index in [-0.39, 0.29) is 11.1 Å². The molecule has 164 valence electrons. The lowest BCUT2D eigenvalue weighted by Crippen LogP contribution is -2.61. The van der Waals surface area contributed by atoms with E-state index in [1.165, 1.54) is 20.8 Å². The number of hydrogen-bond acceptors (Lipinski definition) is 3. The second-order valence-electron chi connectivity index (χ2n) is 7.07. The minimum absolute atomic E-state index is 0.0462. The summed E-state index contributed by atoms with van der Waals surface area (Å²) >= 11 is 0. The monoisotopic (exact) mass is 437 g/mol. The molecule has 0 aliphatic rings. The molecule has 1 unspecified atom stereocenters. The number of halogens is 9. The molecule has 0 heterocycles. The van der Waals surface area contributed by atoms with E-state index in [1.54, 1.807) is 6.07 Å². The third kappa shape index (κ3) is 5.54. The lowest BCUT2D eigenvalue weighted by Gasteiger charge is -2.35. The SMILES string of the molecule is CC(C)(C)OOC(CC(F)(F)C(F)(F)C(F)(F)C(F)(F)F)c1ccc(C#N)cc1. The van der Waals surface area contributed by atoms with Crippen LogP contribution in [0.4, 0.5) is 39.5 Å². The van der Waals surface area contributed by atoms with Crippen LogP contribution in [0.2, 0.25) is 0 Å². The highest BCUT2D eigenvalue weighted by molar-refractivity contribution is 5.32. The van der Waals surface area contributed by atoms with Gasteiger partial charge in [0, 0.05) is 0 Å². The molecule has 0 aromatic heterocycles. The van der Waals surface area contributed by atoms with E-state index in [9.17, 15) is 39.5 Å². The molecule has 0 bridgehead atoms. The van der Waals surface area contributed by atoms with Gasteiger partial charge in [0.25, 0.3) is 0 Å². The highest BCUT2D eigenvalue weighted by Crippen LogP contribution is 2.55. The molecule has 0 aliphatic heterocycles. The van der Waals surface area contributed by atoms with Crippen molar-refractivity contribution in [1.29, 1.82) is 5.26 Å². The first-order chi connectivity index (χ1) is 12.9. The van der Waals surface area contributed by atoms with E-state index < -0.39 is 42.1 Å². The maximum absolute atomic E-state index is 14.0. The molecule has 0 spiro atoms. The predicted molar refractivity (Wildman–Crippen MR) is 81.3 cm³/mol. The van der Waals surface area contributed by atoms with Crippen LogP contribution in [0.3, 0.4) is 0 Å². The number of benzene rings is 1. The van der Waals surface area contributed by atoms with Gasteiger partial charge in [-0.3, -0.25) is 0 Å². The standard InChI is InChI=1S/C17H16F9NO2/c1-13(2,3)29-28-12(11-6-4-10(9-27)5-7-11)8-14(18,19)15(20,21)16(22,23)17(24,25)26/h4-7,12H,8H2,1-3H3. The number of hydrogen-bond donors (Lipinski definition) is 0. The third-order valence-corrected chi connectivity index (χ3v) is 3.48. The van der Waals surface area contributed by atoms with Crippen molar-refractivity contribution in [3.05, 3.63) is 35.4 Å². The molecule has 1 aromatic rings. The van der Waals surface area contributed by atoms with Crippen molar-refractivity contribution in [2.75, 3.05) is 0 Å². The van der Waals surface area contributed by atoms with Crippen LogP contribution in [-0.4, -0.2) is 29.5 Å². The minimum atomic E-state index is -7.00. The van der Waals surface area contributed by atoms with Gasteiger partial charge in [-0.15, -0.1) is 0 Å². The molecule has 1 atom stereocenters. The molecule has 0 saturated carbocycles. The molecule has 1 aromatic carbocycles.